The van der Waals surface area contributed by atoms with Crippen LogP contribution in [0.25, 0.3) is 10.9 Å². The van der Waals surface area contributed by atoms with Gasteiger partial charge in [-0.15, -0.1) is 0 Å². The zero-order chi connectivity index (χ0) is 8.72. The number of benzene rings is 1. The highest BCUT2D eigenvalue weighted by atomic mass is 19.2. The van der Waals surface area contributed by atoms with E-state index in [0.29, 0.717) is 0 Å². The van der Waals surface area contributed by atoms with Gasteiger partial charge in [0, 0.05) is 17.6 Å². The van der Waals surface area contributed by atoms with Crippen molar-refractivity contribution in [2.24, 2.45) is 0 Å². The summed E-state index contributed by atoms with van der Waals surface area (Å²) in [6.45, 7) is 0. The monoisotopic (exact) mass is 171 g/mol. The lowest BCUT2D eigenvalue weighted by Crippen LogP contribution is -1.90. The molecule has 0 saturated carbocycles. The molecule has 0 aliphatic heterocycles. The molecule has 2 rings (SSSR count). The summed E-state index contributed by atoms with van der Waals surface area (Å²) in [6.07, 6.45) is 1.42. The highest BCUT2D eigenvalue weighted by molar-refractivity contribution is 5.80. The van der Waals surface area contributed by atoms with E-state index < -0.39 is 17.5 Å². The predicted molar refractivity (Wildman–Crippen MR) is 38.2 cm³/mol. The van der Waals surface area contributed by atoms with Crippen molar-refractivity contribution in [1.82, 2.24) is 4.98 Å². The SMILES string of the molecule is Fc1cc2[nH]ccc2c(F)c1F. The first-order valence-electron chi connectivity index (χ1n) is 3.30. The van der Waals surface area contributed by atoms with E-state index in [1.807, 2.05) is 0 Å². The number of rotatable bonds is 0. The molecule has 4 heteroatoms. The molecular weight excluding hydrogens is 167 g/mol. The Hall–Kier alpha value is -1.45. The van der Waals surface area contributed by atoms with E-state index in [1.54, 1.807) is 0 Å². The van der Waals surface area contributed by atoms with Crippen LogP contribution in [0.4, 0.5) is 13.2 Å². The fourth-order valence-corrected chi connectivity index (χ4v) is 1.11. The molecule has 0 unspecified atom stereocenters. The molecule has 0 radical (unpaired) electrons. The molecule has 0 spiro atoms. The van der Waals surface area contributed by atoms with E-state index >= 15 is 0 Å². The Kier molecular flexibility index (Phi) is 1.36. The zero-order valence-electron chi connectivity index (χ0n) is 5.87. The Morgan fingerprint density at radius 2 is 1.83 bits per heavy atom. The van der Waals surface area contributed by atoms with Crippen molar-refractivity contribution in [2.45, 2.75) is 0 Å². The third kappa shape index (κ3) is 0.809. The molecule has 0 atom stereocenters. The first kappa shape index (κ1) is 7.21. The van der Waals surface area contributed by atoms with Crippen molar-refractivity contribution in [1.29, 1.82) is 0 Å². The topological polar surface area (TPSA) is 15.8 Å². The minimum atomic E-state index is -1.43. The van der Waals surface area contributed by atoms with Crippen molar-refractivity contribution >= 4 is 10.9 Å². The van der Waals surface area contributed by atoms with Crippen molar-refractivity contribution in [3.05, 3.63) is 35.8 Å². The van der Waals surface area contributed by atoms with Crippen LogP contribution in [-0.2, 0) is 0 Å². The van der Waals surface area contributed by atoms with Gasteiger partial charge in [0.2, 0.25) is 0 Å². The van der Waals surface area contributed by atoms with E-state index in [4.69, 9.17) is 0 Å². The Morgan fingerprint density at radius 3 is 2.58 bits per heavy atom. The number of H-pyrrole nitrogens is 1. The molecule has 0 amide bonds. The maximum absolute atomic E-state index is 12.9. The number of fused-ring (bicyclic) bond motifs is 1. The minimum absolute atomic E-state index is 0.0638. The summed E-state index contributed by atoms with van der Waals surface area (Å²) in [4.78, 5) is 2.58. The highest BCUT2D eigenvalue weighted by Gasteiger charge is 2.13. The summed E-state index contributed by atoms with van der Waals surface area (Å²) < 4.78 is 38.0. The van der Waals surface area contributed by atoms with Crippen molar-refractivity contribution in [2.75, 3.05) is 0 Å². The van der Waals surface area contributed by atoms with Crippen LogP contribution >= 0.6 is 0 Å². The molecule has 0 bridgehead atoms. The summed E-state index contributed by atoms with van der Waals surface area (Å²) in [7, 11) is 0. The number of aromatic amines is 1. The quantitative estimate of drug-likeness (QED) is 0.586. The minimum Gasteiger partial charge on any atom is -0.361 e. The molecule has 1 aromatic heterocycles. The summed E-state index contributed by atoms with van der Waals surface area (Å²) in [5.41, 5.74) is 0.256. The second kappa shape index (κ2) is 2.27. The second-order valence-electron chi connectivity index (χ2n) is 2.43. The molecule has 12 heavy (non-hydrogen) atoms. The summed E-state index contributed by atoms with van der Waals surface area (Å²) in [5.74, 6) is -3.75. The van der Waals surface area contributed by atoms with E-state index in [1.165, 1.54) is 12.3 Å². The number of hydrogen-bond donors (Lipinski definition) is 1. The van der Waals surface area contributed by atoms with Gasteiger partial charge in [0.1, 0.15) is 0 Å². The van der Waals surface area contributed by atoms with E-state index in [9.17, 15) is 13.2 Å². The maximum atomic E-state index is 12.9. The highest BCUT2D eigenvalue weighted by Crippen LogP contribution is 2.21. The molecule has 1 heterocycles. The van der Waals surface area contributed by atoms with E-state index in [-0.39, 0.29) is 10.9 Å². The number of hydrogen-bond acceptors (Lipinski definition) is 0. The molecule has 2 aromatic rings. The third-order valence-electron chi connectivity index (χ3n) is 1.69. The second-order valence-corrected chi connectivity index (χ2v) is 2.43. The number of nitrogens with one attached hydrogen (secondary N) is 1. The van der Waals surface area contributed by atoms with Crippen LogP contribution in [0.5, 0.6) is 0 Å². The standard InChI is InChI=1S/C8H4F3N/c9-5-3-6-4(1-2-12-6)7(10)8(5)11/h1-3,12H. The fraction of sp³-hybridized carbons (Fsp3) is 0. The molecular formula is C8H4F3N. The zero-order valence-corrected chi connectivity index (χ0v) is 5.87. The number of aromatic nitrogens is 1. The number of halogens is 3. The lowest BCUT2D eigenvalue weighted by molar-refractivity contribution is 0.453. The van der Waals surface area contributed by atoms with Gasteiger partial charge in [-0.3, -0.25) is 0 Å². The van der Waals surface area contributed by atoms with Crippen LogP contribution in [0.15, 0.2) is 18.3 Å². The van der Waals surface area contributed by atoms with Gasteiger partial charge >= 0.3 is 0 Å². The fourth-order valence-electron chi connectivity index (χ4n) is 1.11. The molecule has 62 valence electrons. The van der Waals surface area contributed by atoms with Gasteiger partial charge in [-0.1, -0.05) is 0 Å². The summed E-state index contributed by atoms with van der Waals surface area (Å²) in [6, 6.07) is 2.28. The molecule has 0 aliphatic rings. The van der Waals surface area contributed by atoms with Gasteiger partial charge < -0.3 is 4.98 Å². The van der Waals surface area contributed by atoms with Crippen LogP contribution < -0.4 is 0 Å². The van der Waals surface area contributed by atoms with Crippen LogP contribution in [0.1, 0.15) is 0 Å². The van der Waals surface area contributed by atoms with Crippen LogP contribution in [0.3, 0.4) is 0 Å². The normalized spacial score (nSPS) is 10.9. The van der Waals surface area contributed by atoms with Gasteiger partial charge in [-0.25, -0.2) is 13.2 Å². The van der Waals surface area contributed by atoms with Crippen molar-refractivity contribution < 1.29 is 13.2 Å². The van der Waals surface area contributed by atoms with Gasteiger partial charge in [-0.05, 0) is 6.07 Å². The Bertz CT molecular complexity index is 433. The Balaban J connectivity index is 2.94. The van der Waals surface area contributed by atoms with Gasteiger partial charge in [0.25, 0.3) is 0 Å². The smallest absolute Gasteiger partial charge is 0.195 e. The van der Waals surface area contributed by atoms with Crippen molar-refractivity contribution in [3.63, 3.8) is 0 Å². The van der Waals surface area contributed by atoms with Crippen LogP contribution in [0, 0.1) is 17.5 Å². The largest absolute Gasteiger partial charge is 0.361 e. The first-order valence-corrected chi connectivity index (χ1v) is 3.30. The average molecular weight is 171 g/mol. The molecule has 1 N–H and O–H groups in total. The predicted octanol–water partition coefficient (Wildman–Crippen LogP) is 2.59. The Morgan fingerprint density at radius 1 is 1.08 bits per heavy atom. The Labute approximate surface area is 65.8 Å². The summed E-state index contributed by atoms with van der Waals surface area (Å²) >= 11 is 0. The van der Waals surface area contributed by atoms with Gasteiger partial charge in [0.15, 0.2) is 17.5 Å². The van der Waals surface area contributed by atoms with E-state index in [2.05, 4.69) is 4.98 Å². The van der Waals surface area contributed by atoms with Gasteiger partial charge in [0.05, 0.1) is 5.52 Å². The lowest BCUT2D eigenvalue weighted by Gasteiger charge is -1.95. The molecule has 0 aliphatic carbocycles. The van der Waals surface area contributed by atoms with Crippen LogP contribution in [0.2, 0.25) is 0 Å². The molecule has 0 fully saturated rings. The van der Waals surface area contributed by atoms with Crippen molar-refractivity contribution in [3.8, 4) is 0 Å². The third-order valence-corrected chi connectivity index (χ3v) is 1.69. The van der Waals surface area contributed by atoms with Gasteiger partial charge in [-0.2, -0.15) is 0 Å². The molecule has 0 saturated heterocycles. The van der Waals surface area contributed by atoms with E-state index in [0.717, 1.165) is 6.07 Å². The average Bonchev–Trinajstić information content (AvgIpc) is 2.48. The van der Waals surface area contributed by atoms with Crippen LogP contribution in [-0.4, -0.2) is 4.98 Å². The summed E-state index contributed by atoms with van der Waals surface area (Å²) in [5, 5.41) is 0.0638. The maximum Gasteiger partial charge on any atom is 0.195 e. The molecule has 1 aromatic carbocycles. The first-order chi connectivity index (χ1) is 5.70. The molecule has 1 nitrogen and oxygen atoms in total. The lowest BCUT2D eigenvalue weighted by atomic mass is 10.2.